The Hall–Kier alpha value is -3.79. The van der Waals surface area contributed by atoms with Crippen LogP contribution in [-0.4, -0.2) is 50.5 Å². The van der Waals surface area contributed by atoms with E-state index in [2.05, 4.69) is 48.7 Å². The van der Waals surface area contributed by atoms with Crippen molar-refractivity contribution < 1.29 is 4.58 Å². The minimum atomic E-state index is 0.476. The molecule has 1 aliphatic heterocycles. The third kappa shape index (κ3) is 3.72. The summed E-state index contributed by atoms with van der Waals surface area (Å²) in [7, 11) is 0. The fourth-order valence-electron chi connectivity index (χ4n) is 4.78. The van der Waals surface area contributed by atoms with Crippen LogP contribution in [0.25, 0.3) is 27.7 Å². The Balaban J connectivity index is 1.64. The fraction of sp³-hybridized carbons (Fsp3) is 0.346. The topological polar surface area (TPSA) is 73.1 Å². The van der Waals surface area contributed by atoms with Crippen LogP contribution in [0.3, 0.4) is 0 Å². The molecule has 4 heterocycles. The maximum Gasteiger partial charge on any atom is 0.315 e. The largest absolute Gasteiger partial charge is 0.356 e. The molecule has 0 bridgehead atoms. The molecule has 0 saturated carbocycles. The second-order valence-electron chi connectivity index (χ2n) is 8.74. The van der Waals surface area contributed by atoms with E-state index < -0.39 is 0 Å². The van der Waals surface area contributed by atoms with E-state index in [1.54, 1.807) is 0 Å². The first-order valence-electron chi connectivity index (χ1n) is 11.5. The van der Waals surface area contributed by atoms with Gasteiger partial charge in [-0.15, -0.1) is 0 Å². The van der Waals surface area contributed by atoms with Gasteiger partial charge < -0.3 is 4.90 Å². The van der Waals surface area contributed by atoms with Crippen molar-refractivity contribution >= 4 is 34.9 Å². The normalized spacial score (nSPS) is 14.6. The lowest BCUT2D eigenvalue weighted by Gasteiger charge is -2.32. The van der Waals surface area contributed by atoms with E-state index in [-0.39, 0.29) is 0 Å². The van der Waals surface area contributed by atoms with Gasteiger partial charge in [0.1, 0.15) is 5.82 Å². The summed E-state index contributed by atoms with van der Waals surface area (Å²) in [5.41, 5.74) is 4.81. The Bertz CT molecular complexity index is 1390. The maximum absolute atomic E-state index is 9.07. The van der Waals surface area contributed by atoms with Gasteiger partial charge in [0, 0.05) is 36.7 Å². The number of piperidine rings is 1. The zero-order chi connectivity index (χ0) is 22.9. The Morgan fingerprint density at radius 2 is 2.00 bits per heavy atom. The van der Waals surface area contributed by atoms with Gasteiger partial charge in [0.2, 0.25) is 0 Å². The molecular formula is C26H28N7+. The minimum Gasteiger partial charge on any atom is -0.356 e. The highest BCUT2D eigenvalue weighted by atomic mass is 15.3. The zero-order valence-corrected chi connectivity index (χ0v) is 19.2. The second-order valence-corrected chi connectivity index (χ2v) is 8.74. The molecule has 0 spiro atoms. The smallest absolute Gasteiger partial charge is 0.315 e. The highest BCUT2D eigenvalue weighted by molar-refractivity contribution is 5.87. The van der Waals surface area contributed by atoms with Gasteiger partial charge in [0.05, 0.1) is 42.2 Å². The van der Waals surface area contributed by atoms with Gasteiger partial charge in [-0.1, -0.05) is 27.8 Å². The second kappa shape index (κ2) is 8.62. The molecule has 5 rings (SSSR count). The van der Waals surface area contributed by atoms with Crippen molar-refractivity contribution in [2.45, 2.75) is 33.1 Å². The highest BCUT2D eigenvalue weighted by Crippen LogP contribution is 2.35. The highest BCUT2D eigenvalue weighted by Gasteiger charge is 2.29. The van der Waals surface area contributed by atoms with Crippen LogP contribution in [0.4, 0.5) is 11.6 Å². The van der Waals surface area contributed by atoms with Crippen LogP contribution < -0.4 is 4.90 Å². The monoisotopic (exact) mass is 438 g/mol. The van der Waals surface area contributed by atoms with E-state index in [1.807, 2.05) is 39.7 Å². The van der Waals surface area contributed by atoms with Gasteiger partial charge in [-0.2, -0.15) is 10.2 Å². The van der Waals surface area contributed by atoms with E-state index in [1.165, 1.54) is 0 Å². The molecule has 0 radical (unpaired) electrons. The molecule has 1 saturated heterocycles. The zero-order valence-electron chi connectivity index (χ0n) is 19.2. The lowest BCUT2D eigenvalue weighted by atomic mass is 9.94. The molecule has 0 aliphatic carbocycles. The van der Waals surface area contributed by atoms with E-state index >= 15 is 0 Å². The molecule has 1 aliphatic rings. The predicted octanol–water partition coefficient (Wildman–Crippen LogP) is 4.75. The summed E-state index contributed by atoms with van der Waals surface area (Å²) >= 11 is 0. The van der Waals surface area contributed by atoms with Crippen molar-refractivity contribution in [1.82, 2.24) is 19.6 Å². The maximum atomic E-state index is 9.07. The van der Waals surface area contributed by atoms with Gasteiger partial charge >= 0.3 is 5.82 Å². The molecule has 7 nitrogen and oxygen atoms in total. The summed E-state index contributed by atoms with van der Waals surface area (Å²) < 4.78 is 3.88. The number of rotatable bonds is 5. The van der Waals surface area contributed by atoms with Crippen LogP contribution in [0.2, 0.25) is 0 Å². The third-order valence-corrected chi connectivity index (χ3v) is 6.70. The van der Waals surface area contributed by atoms with Crippen molar-refractivity contribution in [1.29, 1.82) is 5.26 Å². The summed E-state index contributed by atoms with van der Waals surface area (Å²) in [6.07, 6.45) is 6.43. The molecule has 7 heteroatoms. The lowest BCUT2D eigenvalue weighted by Crippen LogP contribution is -2.35. The molecule has 0 unspecified atom stereocenters. The first kappa shape index (κ1) is 21.1. The quantitative estimate of drug-likeness (QED) is 0.332. The molecule has 0 N–H and O–H groups in total. The SMILES string of the molecule is C=[N+](CC)c1c(C)c(N2CCC(CC#N)CC2)nc2c(-c3cnc4ccccc4c3)cnn12. The van der Waals surface area contributed by atoms with E-state index in [9.17, 15) is 0 Å². The molecule has 3 aromatic heterocycles. The number of benzene rings is 1. The van der Waals surface area contributed by atoms with Crippen molar-refractivity contribution in [3.05, 3.63) is 48.3 Å². The number of pyridine rings is 1. The number of hydrogen-bond acceptors (Lipinski definition) is 5. The molecule has 0 amide bonds. The first-order chi connectivity index (χ1) is 16.1. The molecule has 33 heavy (non-hydrogen) atoms. The average Bonchev–Trinajstić information content (AvgIpc) is 3.27. The first-order valence-corrected chi connectivity index (χ1v) is 11.5. The van der Waals surface area contributed by atoms with Crippen molar-refractivity contribution in [2.75, 3.05) is 24.5 Å². The molecule has 1 fully saturated rings. The predicted molar refractivity (Wildman–Crippen MR) is 131 cm³/mol. The van der Waals surface area contributed by atoms with Crippen molar-refractivity contribution in [3.8, 4) is 17.2 Å². The van der Waals surface area contributed by atoms with Gasteiger partial charge in [-0.05, 0) is 44.7 Å². The van der Waals surface area contributed by atoms with Crippen molar-refractivity contribution in [3.63, 3.8) is 0 Å². The molecule has 1 aromatic carbocycles. The van der Waals surface area contributed by atoms with Crippen LogP contribution in [-0.2, 0) is 0 Å². The molecule has 4 aromatic rings. The standard InChI is InChI=1S/C26H28N7/c1-4-31(3)26-18(2)24(32-13-10-19(9-12-27)11-14-32)30-25-22(17-29-33(25)26)21-15-20-7-5-6-8-23(20)28-16-21/h5-8,15-17,19H,3-4,9-11,13-14H2,1-2H3/q+1. The summed E-state index contributed by atoms with van der Waals surface area (Å²) in [4.78, 5) is 12.1. The Labute approximate surface area is 193 Å². The van der Waals surface area contributed by atoms with Crippen LogP contribution in [0.5, 0.6) is 0 Å². The summed E-state index contributed by atoms with van der Waals surface area (Å²) in [6.45, 7) is 11.0. The number of anilines is 1. The van der Waals surface area contributed by atoms with Crippen LogP contribution in [0.1, 0.15) is 31.7 Å². The Morgan fingerprint density at radius 1 is 1.21 bits per heavy atom. The molecular weight excluding hydrogens is 410 g/mol. The number of hydrogen-bond donors (Lipinski definition) is 0. The summed E-state index contributed by atoms with van der Waals surface area (Å²) in [5.74, 6) is 2.41. The number of aromatic nitrogens is 4. The Morgan fingerprint density at radius 3 is 2.76 bits per heavy atom. The number of nitrogens with zero attached hydrogens (tertiary/aromatic N) is 7. The summed E-state index contributed by atoms with van der Waals surface area (Å²) in [6, 6.07) is 12.6. The number of fused-ring (bicyclic) bond motifs is 2. The van der Waals surface area contributed by atoms with Gasteiger partial charge in [-0.3, -0.25) is 4.98 Å². The third-order valence-electron chi connectivity index (χ3n) is 6.70. The van der Waals surface area contributed by atoms with Gasteiger partial charge in [-0.25, -0.2) is 4.58 Å². The number of para-hydroxylation sites is 1. The molecule has 166 valence electrons. The fourth-order valence-corrected chi connectivity index (χ4v) is 4.78. The summed E-state index contributed by atoms with van der Waals surface area (Å²) in [5, 5.41) is 14.9. The van der Waals surface area contributed by atoms with Crippen LogP contribution in [0.15, 0.2) is 42.7 Å². The lowest BCUT2D eigenvalue weighted by molar-refractivity contribution is -0.432. The van der Waals surface area contributed by atoms with Crippen LogP contribution >= 0.6 is 0 Å². The molecule has 0 atom stereocenters. The van der Waals surface area contributed by atoms with Crippen molar-refractivity contribution in [2.24, 2.45) is 5.92 Å². The van der Waals surface area contributed by atoms with E-state index in [0.29, 0.717) is 12.3 Å². The van der Waals surface area contributed by atoms with E-state index in [4.69, 9.17) is 15.3 Å². The van der Waals surface area contributed by atoms with Gasteiger partial charge in [0.25, 0.3) is 5.65 Å². The average molecular weight is 439 g/mol. The number of nitriles is 1. The van der Waals surface area contributed by atoms with E-state index in [0.717, 1.165) is 77.4 Å². The Kier molecular flexibility index (Phi) is 5.51. The van der Waals surface area contributed by atoms with Gasteiger partial charge in [0.15, 0.2) is 0 Å². The van der Waals surface area contributed by atoms with Crippen LogP contribution in [0, 0.1) is 24.2 Å². The minimum absolute atomic E-state index is 0.476.